The Bertz CT molecular complexity index is 918. The zero-order valence-corrected chi connectivity index (χ0v) is 17.6. The standard InChI is InChI=1S/C18H22ClN3O3S.ClH/c1-11-7-8-15(21-18(23)12(2)13(3)20)10-17(11)26(24,25)22-16-6-4-5-14(19)9-16;/h4-10,12-13,22H,20H2,1-3H3,(H,21,23);1H. The lowest BCUT2D eigenvalue weighted by Crippen LogP contribution is -2.34. The van der Waals surface area contributed by atoms with E-state index in [1.54, 1.807) is 51.1 Å². The van der Waals surface area contributed by atoms with Crippen molar-refractivity contribution in [2.24, 2.45) is 11.7 Å². The van der Waals surface area contributed by atoms with E-state index in [1.165, 1.54) is 12.1 Å². The van der Waals surface area contributed by atoms with Crippen molar-refractivity contribution in [2.45, 2.75) is 31.7 Å². The smallest absolute Gasteiger partial charge is 0.262 e. The number of sulfonamides is 1. The molecule has 0 heterocycles. The van der Waals surface area contributed by atoms with E-state index < -0.39 is 15.9 Å². The molecule has 2 atom stereocenters. The van der Waals surface area contributed by atoms with Crippen molar-refractivity contribution in [3.63, 3.8) is 0 Å². The molecule has 0 aliphatic carbocycles. The topological polar surface area (TPSA) is 101 Å². The maximum Gasteiger partial charge on any atom is 0.262 e. The summed E-state index contributed by atoms with van der Waals surface area (Å²) in [7, 11) is -3.84. The van der Waals surface area contributed by atoms with Crippen LogP contribution in [0.15, 0.2) is 47.4 Å². The lowest BCUT2D eigenvalue weighted by Gasteiger charge is -2.17. The molecule has 9 heteroatoms. The third-order valence-electron chi connectivity index (χ3n) is 4.02. The highest BCUT2D eigenvalue weighted by Crippen LogP contribution is 2.24. The first-order valence-electron chi connectivity index (χ1n) is 8.05. The number of amides is 1. The van der Waals surface area contributed by atoms with Gasteiger partial charge in [0.15, 0.2) is 0 Å². The van der Waals surface area contributed by atoms with Crippen LogP contribution in [0.4, 0.5) is 11.4 Å². The summed E-state index contributed by atoms with van der Waals surface area (Å²) in [5.41, 5.74) is 7.03. The molecule has 0 bridgehead atoms. The number of carbonyl (C=O) groups excluding carboxylic acids is 1. The van der Waals surface area contributed by atoms with Gasteiger partial charge in [0.1, 0.15) is 0 Å². The van der Waals surface area contributed by atoms with Gasteiger partial charge in [-0.2, -0.15) is 0 Å². The second-order valence-corrected chi connectivity index (χ2v) is 8.32. The van der Waals surface area contributed by atoms with Crippen molar-refractivity contribution in [1.82, 2.24) is 0 Å². The van der Waals surface area contributed by atoms with Gasteiger partial charge in [0.25, 0.3) is 10.0 Å². The number of carbonyl (C=O) groups is 1. The summed E-state index contributed by atoms with van der Waals surface area (Å²) in [6, 6.07) is 10.8. The largest absolute Gasteiger partial charge is 0.327 e. The van der Waals surface area contributed by atoms with E-state index in [4.69, 9.17) is 17.3 Å². The predicted molar refractivity (Wildman–Crippen MR) is 112 cm³/mol. The molecular weight excluding hydrogens is 409 g/mol. The van der Waals surface area contributed by atoms with E-state index in [9.17, 15) is 13.2 Å². The number of halogens is 2. The van der Waals surface area contributed by atoms with Crippen LogP contribution in [-0.4, -0.2) is 20.4 Å². The molecule has 148 valence electrons. The van der Waals surface area contributed by atoms with Gasteiger partial charge in [-0.1, -0.05) is 30.7 Å². The van der Waals surface area contributed by atoms with Crippen molar-refractivity contribution < 1.29 is 13.2 Å². The molecule has 0 aliphatic heterocycles. The average Bonchev–Trinajstić information content (AvgIpc) is 2.55. The van der Waals surface area contributed by atoms with E-state index in [0.29, 0.717) is 22.0 Å². The number of hydrogen-bond acceptors (Lipinski definition) is 4. The molecule has 0 radical (unpaired) electrons. The first-order valence-corrected chi connectivity index (χ1v) is 9.92. The van der Waals surface area contributed by atoms with Gasteiger partial charge in [0.2, 0.25) is 5.91 Å². The van der Waals surface area contributed by atoms with Crippen LogP contribution in [0.5, 0.6) is 0 Å². The summed E-state index contributed by atoms with van der Waals surface area (Å²) in [5.74, 6) is -0.670. The molecule has 2 aromatic carbocycles. The van der Waals surface area contributed by atoms with Crippen LogP contribution in [0.25, 0.3) is 0 Å². The molecule has 0 aromatic heterocycles. The number of benzene rings is 2. The number of nitrogens with one attached hydrogen (secondary N) is 2. The Kier molecular flexibility index (Phi) is 8.10. The van der Waals surface area contributed by atoms with Gasteiger partial charge in [-0.25, -0.2) is 8.42 Å². The van der Waals surface area contributed by atoms with E-state index in [1.807, 2.05) is 0 Å². The summed E-state index contributed by atoms with van der Waals surface area (Å²) in [6.45, 7) is 5.14. The Balaban J connectivity index is 0.00000364. The summed E-state index contributed by atoms with van der Waals surface area (Å²) < 4.78 is 27.9. The quantitative estimate of drug-likeness (QED) is 0.647. The normalized spacial score (nSPS) is 13.2. The number of anilines is 2. The fourth-order valence-electron chi connectivity index (χ4n) is 2.22. The van der Waals surface area contributed by atoms with Crippen LogP contribution >= 0.6 is 24.0 Å². The first kappa shape index (κ1) is 23.2. The van der Waals surface area contributed by atoms with Crippen LogP contribution in [0.1, 0.15) is 19.4 Å². The van der Waals surface area contributed by atoms with Gasteiger partial charge in [0.05, 0.1) is 16.5 Å². The van der Waals surface area contributed by atoms with Crippen LogP contribution in [-0.2, 0) is 14.8 Å². The van der Waals surface area contributed by atoms with Crippen LogP contribution in [0, 0.1) is 12.8 Å². The molecule has 27 heavy (non-hydrogen) atoms. The Morgan fingerprint density at radius 3 is 2.37 bits per heavy atom. The minimum Gasteiger partial charge on any atom is -0.327 e. The van der Waals surface area contributed by atoms with Gasteiger partial charge in [0, 0.05) is 16.8 Å². The number of hydrogen-bond donors (Lipinski definition) is 3. The highest BCUT2D eigenvalue weighted by atomic mass is 35.5. The maximum atomic E-state index is 12.7. The third-order valence-corrected chi connectivity index (χ3v) is 5.78. The van der Waals surface area contributed by atoms with Crippen molar-refractivity contribution in [3.05, 3.63) is 53.1 Å². The molecule has 0 aliphatic rings. The molecule has 0 spiro atoms. The van der Waals surface area contributed by atoms with E-state index in [0.717, 1.165) is 0 Å². The van der Waals surface area contributed by atoms with E-state index >= 15 is 0 Å². The Morgan fingerprint density at radius 2 is 1.78 bits per heavy atom. The number of aryl methyl sites for hydroxylation is 1. The highest BCUT2D eigenvalue weighted by molar-refractivity contribution is 7.92. The molecule has 2 aromatic rings. The molecule has 0 saturated heterocycles. The van der Waals surface area contributed by atoms with Crippen molar-refractivity contribution in [3.8, 4) is 0 Å². The van der Waals surface area contributed by atoms with E-state index in [2.05, 4.69) is 10.0 Å². The van der Waals surface area contributed by atoms with Crippen LogP contribution in [0.3, 0.4) is 0 Å². The van der Waals surface area contributed by atoms with Gasteiger partial charge in [-0.05, 0) is 49.7 Å². The molecule has 1 amide bonds. The maximum absolute atomic E-state index is 12.7. The summed E-state index contributed by atoms with van der Waals surface area (Å²) in [4.78, 5) is 12.2. The Labute approximate surface area is 170 Å². The van der Waals surface area contributed by atoms with Crippen molar-refractivity contribution in [2.75, 3.05) is 10.0 Å². The SMILES string of the molecule is Cc1ccc(NC(=O)C(C)C(C)N)cc1S(=O)(=O)Nc1cccc(Cl)c1.Cl. The number of rotatable bonds is 6. The lowest BCUT2D eigenvalue weighted by atomic mass is 10.0. The van der Waals surface area contributed by atoms with Gasteiger partial charge < -0.3 is 11.1 Å². The highest BCUT2D eigenvalue weighted by Gasteiger charge is 2.20. The van der Waals surface area contributed by atoms with Crippen LogP contribution in [0.2, 0.25) is 5.02 Å². The molecule has 2 unspecified atom stereocenters. The molecule has 0 saturated carbocycles. The van der Waals surface area contributed by atoms with Gasteiger partial charge in [-0.15, -0.1) is 12.4 Å². The fourth-order valence-corrected chi connectivity index (χ4v) is 3.74. The van der Waals surface area contributed by atoms with Gasteiger partial charge >= 0.3 is 0 Å². The van der Waals surface area contributed by atoms with Crippen LogP contribution < -0.4 is 15.8 Å². The minimum absolute atomic E-state index is 0. The van der Waals surface area contributed by atoms with Crippen molar-refractivity contribution in [1.29, 1.82) is 0 Å². The third kappa shape index (κ3) is 6.10. The second kappa shape index (κ2) is 9.41. The zero-order valence-electron chi connectivity index (χ0n) is 15.2. The number of nitrogens with two attached hydrogens (primary N) is 1. The van der Waals surface area contributed by atoms with Crippen molar-refractivity contribution >= 4 is 51.3 Å². The van der Waals surface area contributed by atoms with Gasteiger partial charge in [-0.3, -0.25) is 9.52 Å². The monoisotopic (exact) mass is 431 g/mol. The Morgan fingerprint density at radius 1 is 1.11 bits per heavy atom. The molecule has 4 N–H and O–H groups in total. The zero-order chi connectivity index (χ0) is 19.5. The molecule has 6 nitrogen and oxygen atoms in total. The molecular formula is C18H23Cl2N3O3S. The fraction of sp³-hybridized carbons (Fsp3) is 0.278. The molecule has 0 fully saturated rings. The summed E-state index contributed by atoms with van der Waals surface area (Å²) >= 11 is 5.90. The summed E-state index contributed by atoms with van der Waals surface area (Å²) in [5, 5.41) is 3.13. The van der Waals surface area contributed by atoms with E-state index in [-0.39, 0.29) is 29.3 Å². The molecule has 2 rings (SSSR count). The first-order chi connectivity index (χ1) is 12.1. The minimum atomic E-state index is -3.84. The average molecular weight is 432 g/mol. The predicted octanol–water partition coefficient (Wildman–Crippen LogP) is 3.79. The summed E-state index contributed by atoms with van der Waals surface area (Å²) in [6.07, 6.45) is 0. The second-order valence-electron chi connectivity index (χ2n) is 6.23. The lowest BCUT2D eigenvalue weighted by molar-refractivity contribution is -0.119. The Hall–Kier alpha value is -1.80.